The summed E-state index contributed by atoms with van der Waals surface area (Å²) in [7, 11) is 0. The van der Waals surface area contributed by atoms with Crippen LogP contribution in [0.25, 0.3) is 0 Å². The molecule has 0 unspecified atom stereocenters. The molecule has 0 radical (unpaired) electrons. The van der Waals surface area contributed by atoms with Gasteiger partial charge in [0.25, 0.3) is 0 Å². The molecule has 0 aliphatic heterocycles. The molecule has 1 aliphatic carbocycles. The van der Waals surface area contributed by atoms with Gasteiger partial charge in [-0.3, -0.25) is 9.59 Å². The van der Waals surface area contributed by atoms with Gasteiger partial charge in [0.2, 0.25) is 5.91 Å². The summed E-state index contributed by atoms with van der Waals surface area (Å²) < 4.78 is 5.20. The molecule has 1 saturated carbocycles. The fourth-order valence-electron chi connectivity index (χ4n) is 2.43. The molecule has 0 aromatic carbocycles. The highest BCUT2D eigenvalue weighted by molar-refractivity contribution is 5.79. The van der Waals surface area contributed by atoms with Gasteiger partial charge in [0, 0.05) is 6.54 Å². The second-order valence-corrected chi connectivity index (χ2v) is 5.64. The fourth-order valence-corrected chi connectivity index (χ4v) is 2.43. The first-order chi connectivity index (χ1) is 8.96. The summed E-state index contributed by atoms with van der Waals surface area (Å²) in [6.07, 6.45) is 5.30. The van der Waals surface area contributed by atoms with Gasteiger partial charge in [-0.2, -0.15) is 0 Å². The van der Waals surface area contributed by atoms with Crippen LogP contribution in [-0.4, -0.2) is 36.2 Å². The summed E-state index contributed by atoms with van der Waals surface area (Å²) in [6, 6.07) is 0. The highest BCUT2D eigenvalue weighted by Gasteiger charge is 2.38. The molecule has 0 heterocycles. The Hall–Kier alpha value is -1.10. The summed E-state index contributed by atoms with van der Waals surface area (Å²) in [5.74, 6) is -1.03. The Morgan fingerprint density at radius 1 is 1.21 bits per heavy atom. The molecule has 1 aliphatic rings. The zero-order valence-electron chi connectivity index (χ0n) is 11.9. The number of rotatable bonds is 6. The van der Waals surface area contributed by atoms with Crippen molar-refractivity contribution in [2.45, 2.75) is 58.5 Å². The summed E-state index contributed by atoms with van der Waals surface area (Å²) in [5.41, 5.74) is -0.788. The van der Waals surface area contributed by atoms with Gasteiger partial charge in [0.1, 0.15) is 6.61 Å². The monoisotopic (exact) mass is 271 g/mol. The molecule has 0 bridgehead atoms. The predicted octanol–water partition coefficient (Wildman–Crippen LogP) is 1.95. The maximum absolute atomic E-state index is 11.6. The maximum Gasteiger partial charge on any atom is 0.311 e. The zero-order valence-corrected chi connectivity index (χ0v) is 11.9. The third kappa shape index (κ3) is 5.19. The smallest absolute Gasteiger partial charge is 0.311 e. The van der Waals surface area contributed by atoms with Gasteiger partial charge < -0.3 is 15.2 Å². The van der Waals surface area contributed by atoms with E-state index in [0.717, 1.165) is 25.7 Å². The summed E-state index contributed by atoms with van der Waals surface area (Å²) in [4.78, 5) is 23.1. The van der Waals surface area contributed by atoms with E-state index in [-0.39, 0.29) is 25.2 Å². The van der Waals surface area contributed by atoms with Crippen molar-refractivity contribution in [3.63, 3.8) is 0 Å². The molecule has 5 nitrogen and oxygen atoms in total. The van der Waals surface area contributed by atoms with Crippen LogP contribution in [0.2, 0.25) is 0 Å². The van der Waals surface area contributed by atoms with Gasteiger partial charge in [-0.15, -0.1) is 0 Å². The Balaban J connectivity index is 2.49. The molecule has 110 valence electrons. The third-order valence-electron chi connectivity index (χ3n) is 3.69. The molecule has 0 aromatic rings. The number of carbonyl (C=O) groups is 2. The van der Waals surface area contributed by atoms with Crippen LogP contribution in [0.4, 0.5) is 0 Å². The normalized spacial score (nSPS) is 18.9. The number of hydrogen-bond donors (Lipinski definition) is 2. The van der Waals surface area contributed by atoms with Crippen molar-refractivity contribution < 1.29 is 19.4 Å². The quantitative estimate of drug-likeness (QED) is 0.724. The lowest BCUT2D eigenvalue weighted by atomic mass is 9.80. The van der Waals surface area contributed by atoms with Crippen LogP contribution in [0.5, 0.6) is 0 Å². The zero-order chi connectivity index (χ0) is 14.3. The Bertz CT molecular complexity index is 307. The molecule has 2 N–H and O–H groups in total. The summed E-state index contributed by atoms with van der Waals surface area (Å²) >= 11 is 0. The average molecular weight is 271 g/mol. The van der Waals surface area contributed by atoms with Crippen LogP contribution < -0.4 is 5.32 Å². The second kappa shape index (κ2) is 7.48. The van der Waals surface area contributed by atoms with Crippen LogP contribution in [-0.2, 0) is 14.3 Å². The van der Waals surface area contributed by atoms with E-state index in [4.69, 9.17) is 4.74 Å². The Morgan fingerprint density at radius 2 is 1.79 bits per heavy atom. The lowest BCUT2D eigenvalue weighted by Crippen LogP contribution is -2.44. The Labute approximate surface area is 114 Å². The molecule has 19 heavy (non-hydrogen) atoms. The summed E-state index contributed by atoms with van der Waals surface area (Å²) in [6.45, 7) is 3.92. The van der Waals surface area contributed by atoms with Gasteiger partial charge in [0.15, 0.2) is 0 Å². The van der Waals surface area contributed by atoms with E-state index < -0.39 is 11.4 Å². The van der Waals surface area contributed by atoms with E-state index in [1.165, 1.54) is 0 Å². The summed E-state index contributed by atoms with van der Waals surface area (Å²) in [5, 5.41) is 12.2. The van der Waals surface area contributed by atoms with Crippen LogP contribution in [0.1, 0.15) is 52.4 Å². The first-order valence-corrected chi connectivity index (χ1v) is 7.08. The largest absolute Gasteiger partial charge is 0.481 e. The number of carboxylic acid groups (broad SMARTS) is 1. The van der Waals surface area contributed by atoms with Gasteiger partial charge in [-0.25, -0.2) is 0 Å². The predicted molar refractivity (Wildman–Crippen MR) is 71.9 cm³/mol. The molecule has 0 spiro atoms. The fraction of sp³-hybridized carbons (Fsp3) is 0.857. The minimum absolute atomic E-state index is 0.00272. The number of carbonyl (C=O) groups excluding carboxylic acids is 1. The number of carboxylic acids is 1. The molecule has 0 atom stereocenters. The molecular weight excluding hydrogens is 246 g/mol. The number of nitrogens with one attached hydrogen (secondary N) is 1. The average Bonchev–Trinajstić information content (AvgIpc) is 2.60. The molecule has 5 heteroatoms. The van der Waals surface area contributed by atoms with E-state index in [1.807, 2.05) is 13.8 Å². The van der Waals surface area contributed by atoms with E-state index >= 15 is 0 Å². The Morgan fingerprint density at radius 3 is 2.26 bits per heavy atom. The third-order valence-corrected chi connectivity index (χ3v) is 3.69. The van der Waals surface area contributed by atoms with Crippen molar-refractivity contribution in [2.75, 3.05) is 13.2 Å². The second-order valence-electron chi connectivity index (χ2n) is 5.64. The minimum atomic E-state index is -0.792. The SMILES string of the molecule is CC(C)OCC(=O)NCC1(C(=O)O)CCCCCC1. The van der Waals surface area contributed by atoms with Crippen molar-refractivity contribution in [3.8, 4) is 0 Å². The lowest BCUT2D eigenvalue weighted by Gasteiger charge is -2.28. The first kappa shape index (κ1) is 16.0. The van der Waals surface area contributed by atoms with Crippen molar-refractivity contribution >= 4 is 11.9 Å². The molecular formula is C14H25NO4. The van der Waals surface area contributed by atoms with Crippen molar-refractivity contribution in [1.82, 2.24) is 5.32 Å². The number of amides is 1. The molecule has 0 aromatic heterocycles. The highest BCUT2D eigenvalue weighted by atomic mass is 16.5. The van der Waals surface area contributed by atoms with Gasteiger partial charge in [-0.05, 0) is 26.7 Å². The molecule has 1 amide bonds. The van der Waals surface area contributed by atoms with Crippen molar-refractivity contribution in [1.29, 1.82) is 0 Å². The first-order valence-electron chi connectivity index (χ1n) is 7.08. The standard InChI is InChI=1S/C14H25NO4/c1-11(2)19-9-12(16)15-10-14(13(17)18)7-5-3-4-6-8-14/h11H,3-10H2,1-2H3,(H,15,16)(H,17,18). The lowest BCUT2D eigenvalue weighted by molar-refractivity contribution is -0.150. The van der Waals surface area contributed by atoms with Gasteiger partial charge in [0.05, 0.1) is 11.5 Å². The topological polar surface area (TPSA) is 75.6 Å². The van der Waals surface area contributed by atoms with Gasteiger partial charge in [-0.1, -0.05) is 25.7 Å². The van der Waals surface area contributed by atoms with Crippen LogP contribution in [0.15, 0.2) is 0 Å². The van der Waals surface area contributed by atoms with Crippen LogP contribution >= 0.6 is 0 Å². The maximum atomic E-state index is 11.6. The van der Waals surface area contributed by atoms with Crippen LogP contribution in [0, 0.1) is 5.41 Å². The van der Waals surface area contributed by atoms with E-state index in [9.17, 15) is 14.7 Å². The molecule has 1 rings (SSSR count). The number of aliphatic carboxylic acids is 1. The van der Waals surface area contributed by atoms with E-state index in [2.05, 4.69) is 5.32 Å². The minimum Gasteiger partial charge on any atom is -0.481 e. The number of ether oxygens (including phenoxy) is 1. The van der Waals surface area contributed by atoms with Crippen molar-refractivity contribution in [3.05, 3.63) is 0 Å². The highest BCUT2D eigenvalue weighted by Crippen LogP contribution is 2.34. The van der Waals surface area contributed by atoms with E-state index in [0.29, 0.717) is 12.8 Å². The molecule has 0 saturated heterocycles. The van der Waals surface area contributed by atoms with E-state index in [1.54, 1.807) is 0 Å². The molecule has 1 fully saturated rings. The van der Waals surface area contributed by atoms with Crippen LogP contribution in [0.3, 0.4) is 0 Å². The Kier molecular flexibility index (Phi) is 6.28. The number of hydrogen-bond acceptors (Lipinski definition) is 3. The van der Waals surface area contributed by atoms with Gasteiger partial charge >= 0.3 is 5.97 Å². The van der Waals surface area contributed by atoms with Crippen molar-refractivity contribution in [2.24, 2.45) is 5.41 Å².